The molecule has 0 saturated carbocycles. The first kappa shape index (κ1) is 19.4. The second kappa shape index (κ2) is 8.19. The summed E-state index contributed by atoms with van der Waals surface area (Å²) < 4.78 is 1.69. The van der Waals surface area contributed by atoms with Crippen molar-refractivity contribution in [3.8, 4) is 5.69 Å². The molecule has 3 aromatic carbocycles. The minimum absolute atomic E-state index is 0.0932. The van der Waals surface area contributed by atoms with Crippen LogP contribution in [-0.4, -0.2) is 9.55 Å². The van der Waals surface area contributed by atoms with Crippen LogP contribution in [0, 0.1) is 6.92 Å². The van der Waals surface area contributed by atoms with Crippen molar-refractivity contribution in [2.75, 3.05) is 0 Å². The van der Waals surface area contributed by atoms with E-state index in [9.17, 15) is 4.79 Å². The van der Waals surface area contributed by atoms with E-state index in [1.54, 1.807) is 4.57 Å². The number of nitrogens with one attached hydrogen (secondary N) is 1. The van der Waals surface area contributed by atoms with Gasteiger partial charge in [-0.1, -0.05) is 60.1 Å². The highest BCUT2D eigenvalue weighted by Crippen LogP contribution is 2.25. The fraction of sp³-hybridized carbons (Fsp3) is 0.167. The number of benzene rings is 3. The average Bonchev–Trinajstić information content (AvgIpc) is 2.75. The minimum Gasteiger partial charge on any atom is -0.303 e. The topological polar surface area (TPSA) is 46.9 Å². The summed E-state index contributed by atoms with van der Waals surface area (Å²) in [7, 11) is 0. The number of aromatic nitrogens is 2. The van der Waals surface area contributed by atoms with Crippen LogP contribution in [0.4, 0.5) is 0 Å². The minimum atomic E-state index is -0.147. The van der Waals surface area contributed by atoms with E-state index >= 15 is 0 Å². The molecule has 1 aromatic heterocycles. The zero-order valence-electron chi connectivity index (χ0n) is 16.4. The average molecular weight is 404 g/mol. The van der Waals surface area contributed by atoms with Gasteiger partial charge in [-0.05, 0) is 49.2 Å². The quantitative estimate of drug-likeness (QED) is 0.498. The van der Waals surface area contributed by atoms with Crippen LogP contribution in [0.3, 0.4) is 0 Å². The lowest BCUT2D eigenvalue weighted by atomic mass is 10.1. The number of rotatable bonds is 5. The predicted octanol–water partition coefficient (Wildman–Crippen LogP) is 5.20. The van der Waals surface area contributed by atoms with E-state index in [-0.39, 0.29) is 11.6 Å². The van der Waals surface area contributed by atoms with E-state index in [0.717, 1.165) is 11.3 Å². The normalized spacial score (nSPS) is 12.2. The number of hydrogen-bond acceptors (Lipinski definition) is 3. The highest BCUT2D eigenvalue weighted by atomic mass is 35.5. The van der Waals surface area contributed by atoms with Gasteiger partial charge in [-0.25, -0.2) is 4.98 Å². The molecule has 29 heavy (non-hydrogen) atoms. The lowest BCUT2D eigenvalue weighted by Gasteiger charge is -2.21. The van der Waals surface area contributed by atoms with E-state index < -0.39 is 0 Å². The maximum Gasteiger partial charge on any atom is 0.266 e. The Kier molecular flexibility index (Phi) is 5.47. The fourth-order valence-corrected chi connectivity index (χ4v) is 3.64. The van der Waals surface area contributed by atoms with Crippen molar-refractivity contribution in [3.63, 3.8) is 0 Å². The molecule has 5 heteroatoms. The van der Waals surface area contributed by atoms with Crippen LogP contribution in [0.15, 0.2) is 77.6 Å². The Bertz CT molecular complexity index is 1220. The van der Waals surface area contributed by atoms with Crippen LogP contribution in [0.1, 0.15) is 29.9 Å². The summed E-state index contributed by atoms with van der Waals surface area (Å²) in [5.41, 5.74) is 3.38. The summed E-state index contributed by atoms with van der Waals surface area (Å²) in [4.78, 5) is 18.3. The zero-order valence-corrected chi connectivity index (χ0v) is 17.1. The molecule has 146 valence electrons. The molecular weight excluding hydrogens is 382 g/mol. The van der Waals surface area contributed by atoms with E-state index in [1.807, 2.05) is 74.5 Å². The molecule has 0 bridgehead atoms. The third kappa shape index (κ3) is 3.82. The molecule has 0 aliphatic carbocycles. The Morgan fingerprint density at radius 3 is 2.52 bits per heavy atom. The molecule has 0 aliphatic heterocycles. The lowest BCUT2D eigenvalue weighted by Crippen LogP contribution is -2.30. The molecule has 4 nitrogen and oxygen atoms in total. The Morgan fingerprint density at radius 1 is 1.00 bits per heavy atom. The molecule has 1 heterocycles. The van der Waals surface area contributed by atoms with Gasteiger partial charge in [0.05, 0.1) is 22.6 Å². The SMILES string of the molecule is Cc1c(Cl)cccc1-n1c([C@H](C)NCc2ccccc2)nc2ccccc2c1=O. The molecule has 4 rings (SSSR count). The Labute approximate surface area is 174 Å². The van der Waals surface area contributed by atoms with Gasteiger partial charge in [0, 0.05) is 11.6 Å². The summed E-state index contributed by atoms with van der Waals surface area (Å²) in [6, 6.07) is 23.1. The van der Waals surface area contributed by atoms with Crippen LogP contribution in [-0.2, 0) is 6.54 Å². The first-order valence-corrected chi connectivity index (χ1v) is 9.98. The first-order valence-electron chi connectivity index (χ1n) is 9.60. The largest absolute Gasteiger partial charge is 0.303 e. The first-order chi connectivity index (χ1) is 14.1. The van der Waals surface area contributed by atoms with Crippen molar-refractivity contribution in [1.29, 1.82) is 0 Å². The third-order valence-corrected chi connectivity index (χ3v) is 5.53. The third-order valence-electron chi connectivity index (χ3n) is 5.12. The number of fused-ring (bicyclic) bond motifs is 1. The van der Waals surface area contributed by atoms with Crippen LogP contribution in [0.2, 0.25) is 5.02 Å². The van der Waals surface area contributed by atoms with Crippen molar-refractivity contribution in [1.82, 2.24) is 14.9 Å². The zero-order chi connectivity index (χ0) is 20.4. The Hall–Kier alpha value is -2.95. The van der Waals surface area contributed by atoms with Crippen LogP contribution < -0.4 is 10.9 Å². The van der Waals surface area contributed by atoms with E-state index in [2.05, 4.69) is 17.4 Å². The summed E-state index contributed by atoms with van der Waals surface area (Å²) >= 11 is 6.36. The smallest absolute Gasteiger partial charge is 0.266 e. The van der Waals surface area contributed by atoms with Crippen molar-refractivity contribution >= 4 is 22.5 Å². The number of hydrogen-bond donors (Lipinski definition) is 1. The van der Waals surface area contributed by atoms with Crippen molar-refractivity contribution in [3.05, 3.63) is 105 Å². The second-order valence-corrected chi connectivity index (χ2v) is 7.51. The maximum atomic E-state index is 13.4. The molecule has 4 aromatic rings. The molecule has 0 aliphatic rings. The molecule has 1 atom stereocenters. The van der Waals surface area contributed by atoms with Gasteiger partial charge in [-0.3, -0.25) is 9.36 Å². The van der Waals surface area contributed by atoms with E-state index in [4.69, 9.17) is 16.6 Å². The molecule has 1 N–H and O–H groups in total. The van der Waals surface area contributed by atoms with E-state index in [1.165, 1.54) is 5.56 Å². The number of nitrogens with zero attached hydrogens (tertiary/aromatic N) is 2. The lowest BCUT2D eigenvalue weighted by molar-refractivity contribution is 0.532. The monoisotopic (exact) mass is 403 g/mol. The van der Waals surface area contributed by atoms with Gasteiger partial charge in [-0.15, -0.1) is 0 Å². The Balaban J connectivity index is 1.85. The summed E-state index contributed by atoms with van der Waals surface area (Å²) in [5.74, 6) is 0.662. The standard InChI is InChI=1S/C24H22ClN3O/c1-16-20(25)12-8-14-22(16)28-23(17(2)26-15-18-9-4-3-5-10-18)27-21-13-7-6-11-19(21)24(28)29/h3-14,17,26H,15H2,1-2H3/t17-/m0/s1. The highest BCUT2D eigenvalue weighted by Gasteiger charge is 2.19. The van der Waals surface area contributed by atoms with Gasteiger partial charge in [0.25, 0.3) is 5.56 Å². The van der Waals surface area contributed by atoms with Crippen LogP contribution in [0.5, 0.6) is 0 Å². The van der Waals surface area contributed by atoms with Crippen molar-refractivity contribution in [2.45, 2.75) is 26.4 Å². The molecule has 0 amide bonds. The highest BCUT2D eigenvalue weighted by molar-refractivity contribution is 6.31. The molecule has 0 spiro atoms. The van der Waals surface area contributed by atoms with Crippen molar-refractivity contribution < 1.29 is 0 Å². The molecule has 0 radical (unpaired) electrons. The summed E-state index contributed by atoms with van der Waals surface area (Å²) in [6.07, 6.45) is 0. The van der Waals surface area contributed by atoms with Crippen LogP contribution >= 0.6 is 11.6 Å². The van der Waals surface area contributed by atoms with Gasteiger partial charge in [0.2, 0.25) is 0 Å². The fourth-order valence-electron chi connectivity index (χ4n) is 3.47. The van der Waals surface area contributed by atoms with Gasteiger partial charge in [0.15, 0.2) is 0 Å². The van der Waals surface area contributed by atoms with Gasteiger partial charge in [-0.2, -0.15) is 0 Å². The predicted molar refractivity (Wildman–Crippen MR) is 119 cm³/mol. The van der Waals surface area contributed by atoms with E-state index in [0.29, 0.717) is 28.3 Å². The molecule has 0 fully saturated rings. The summed E-state index contributed by atoms with van der Waals surface area (Å²) in [6.45, 7) is 4.63. The Morgan fingerprint density at radius 2 is 1.72 bits per heavy atom. The van der Waals surface area contributed by atoms with Crippen LogP contribution in [0.25, 0.3) is 16.6 Å². The number of halogens is 1. The maximum absolute atomic E-state index is 13.4. The number of para-hydroxylation sites is 1. The van der Waals surface area contributed by atoms with Gasteiger partial charge in [0.1, 0.15) is 5.82 Å². The molecular formula is C24H22ClN3O. The van der Waals surface area contributed by atoms with Crippen molar-refractivity contribution in [2.24, 2.45) is 0 Å². The van der Waals surface area contributed by atoms with Gasteiger partial charge >= 0.3 is 0 Å². The second-order valence-electron chi connectivity index (χ2n) is 7.10. The summed E-state index contributed by atoms with van der Waals surface area (Å²) in [5, 5.41) is 4.71. The molecule has 0 saturated heterocycles. The molecule has 0 unspecified atom stereocenters. The van der Waals surface area contributed by atoms with Gasteiger partial charge < -0.3 is 5.32 Å².